The second-order valence-electron chi connectivity index (χ2n) is 12.2. The Bertz CT molecular complexity index is 1860. The molecule has 0 radical (unpaired) electrons. The first kappa shape index (κ1) is 38.2. The Morgan fingerprint density at radius 3 is 2.10 bits per heavy atom. The fraction of sp³-hybridized carbons (Fsp3) is 0.464. The minimum atomic E-state index is -6.92. The van der Waals surface area contributed by atoms with Crippen LogP contribution in [0.25, 0.3) is 0 Å². The molecule has 4 aliphatic carbocycles. The van der Waals surface area contributed by atoms with Gasteiger partial charge in [0.1, 0.15) is 16.9 Å². The SMILES string of the molecule is O=C(OC12CC3CC(C1)CC(C(=O)OC(C(F)(F)F)C(F)(F)S(=O)(=O)[O-])(C3)C2)c1ccc(OC(=O)c2cc(I)cc(I)c2I)cc1[N+](=O)[O-]. The third-order valence-electron chi connectivity index (χ3n) is 8.72. The van der Waals surface area contributed by atoms with Crippen LogP contribution in [0, 0.1) is 38.1 Å². The van der Waals surface area contributed by atoms with Crippen LogP contribution < -0.4 is 4.74 Å². The molecule has 3 unspecified atom stereocenters. The van der Waals surface area contributed by atoms with Crippen molar-refractivity contribution in [3.05, 3.63) is 62.3 Å². The van der Waals surface area contributed by atoms with Crippen LogP contribution in [0.2, 0.25) is 0 Å². The van der Waals surface area contributed by atoms with Gasteiger partial charge in [-0.05, 0) is 136 Å². The van der Waals surface area contributed by atoms with Crippen LogP contribution in [-0.2, 0) is 24.4 Å². The molecule has 4 saturated carbocycles. The minimum absolute atomic E-state index is 0.0921. The van der Waals surface area contributed by atoms with E-state index in [0.717, 1.165) is 25.3 Å². The molecule has 6 rings (SSSR count). The van der Waals surface area contributed by atoms with Gasteiger partial charge >= 0.3 is 29.3 Å². The molecule has 0 aliphatic heterocycles. The molecule has 3 atom stereocenters. The number of nitro benzene ring substituents is 1. The van der Waals surface area contributed by atoms with Crippen molar-refractivity contribution in [2.45, 2.75) is 61.7 Å². The van der Waals surface area contributed by atoms with Gasteiger partial charge in [-0.3, -0.25) is 14.9 Å². The van der Waals surface area contributed by atoms with Gasteiger partial charge in [0.05, 0.1) is 22.0 Å². The van der Waals surface area contributed by atoms with E-state index in [1.54, 1.807) is 6.07 Å². The predicted octanol–water partition coefficient (Wildman–Crippen LogP) is 6.74. The largest absolute Gasteiger partial charge is 0.743 e. The zero-order valence-electron chi connectivity index (χ0n) is 24.2. The first-order chi connectivity index (χ1) is 22.5. The lowest BCUT2D eigenvalue weighted by Gasteiger charge is -2.59. The molecule has 0 N–H and O–H groups in total. The second kappa shape index (κ2) is 13.2. The number of hydrogen-bond donors (Lipinski definition) is 0. The fourth-order valence-corrected chi connectivity index (χ4v) is 10.1. The summed E-state index contributed by atoms with van der Waals surface area (Å²) >= 11 is 5.97. The minimum Gasteiger partial charge on any atom is -0.743 e. The van der Waals surface area contributed by atoms with E-state index in [4.69, 9.17) is 9.47 Å². The maximum absolute atomic E-state index is 14.1. The molecule has 0 spiro atoms. The molecule has 4 fully saturated rings. The number of carbonyl (C=O) groups is 3. The molecular formula is C28H20F5I3NO11S-. The number of carbonyl (C=O) groups excluding carboxylic acids is 3. The average Bonchev–Trinajstić information content (AvgIpc) is 2.95. The Hall–Kier alpha value is -2.00. The van der Waals surface area contributed by atoms with Gasteiger partial charge < -0.3 is 18.8 Å². The number of hydrogen-bond acceptors (Lipinski definition) is 11. The lowest BCUT2D eigenvalue weighted by molar-refractivity contribution is -0.385. The van der Waals surface area contributed by atoms with Gasteiger partial charge in [-0.2, -0.15) is 22.0 Å². The van der Waals surface area contributed by atoms with E-state index in [0.29, 0.717) is 9.99 Å². The highest BCUT2D eigenvalue weighted by atomic mass is 127. The number of benzene rings is 2. The third kappa shape index (κ3) is 7.50. The van der Waals surface area contributed by atoms with Crippen LogP contribution in [0.1, 0.15) is 59.2 Å². The number of halogens is 8. The molecule has 2 aromatic rings. The number of ether oxygens (including phenoxy) is 3. The highest BCUT2D eigenvalue weighted by molar-refractivity contribution is 14.1. The highest BCUT2D eigenvalue weighted by Crippen LogP contribution is 2.63. The van der Waals surface area contributed by atoms with Crippen molar-refractivity contribution < 1.29 is 68.4 Å². The molecule has 12 nitrogen and oxygen atoms in total. The second-order valence-corrected chi connectivity index (χ2v) is 17.2. The molecule has 2 aromatic carbocycles. The van der Waals surface area contributed by atoms with Crippen LogP contribution in [0.15, 0.2) is 30.3 Å². The van der Waals surface area contributed by atoms with Crippen LogP contribution >= 0.6 is 67.8 Å². The Kier molecular flexibility index (Phi) is 10.3. The lowest BCUT2D eigenvalue weighted by atomic mass is 9.48. The zero-order chi connectivity index (χ0) is 36.5. The Balaban J connectivity index is 1.39. The van der Waals surface area contributed by atoms with Gasteiger partial charge in [-0.25, -0.2) is 18.0 Å². The first-order valence-corrected chi connectivity index (χ1v) is 18.6. The summed E-state index contributed by atoms with van der Waals surface area (Å²) in [7, 11) is -6.92. The van der Waals surface area contributed by atoms with Crippen molar-refractivity contribution in [1.29, 1.82) is 0 Å². The molecule has 49 heavy (non-hydrogen) atoms. The molecule has 0 heterocycles. The average molecular weight is 1050 g/mol. The molecule has 4 aliphatic rings. The van der Waals surface area contributed by atoms with Gasteiger partial charge in [-0.15, -0.1) is 0 Å². The molecule has 0 amide bonds. The lowest BCUT2D eigenvalue weighted by Crippen LogP contribution is -2.61. The number of rotatable bonds is 9. The molecule has 0 saturated heterocycles. The summed E-state index contributed by atoms with van der Waals surface area (Å²) in [6.45, 7) is 0. The predicted molar refractivity (Wildman–Crippen MR) is 178 cm³/mol. The summed E-state index contributed by atoms with van der Waals surface area (Å²) in [4.78, 5) is 50.6. The Labute approximate surface area is 314 Å². The van der Waals surface area contributed by atoms with E-state index in [2.05, 4.69) is 4.74 Å². The summed E-state index contributed by atoms with van der Waals surface area (Å²) in [5, 5.41) is 5.95. The monoisotopic (exact) mass is 1050 g/mol. The van der Waals surface area contributed by atoms with Crippen LogP contribution in [0.5, 0.6) is 5.75 Å². The maximum atomic E-state index is 14.1. The van der Waals surface area contributed by atoms with E-state index in [1.807, 2.05) is 73.8 Å². The van der Waals surface area contributed by atoms with Gasteiger partial charge in [0.15, 0.2) is 10.1 Å². The van der Waals surface area contributed by atoms with Crippen LogP contribution in [-0.4, -0.2) is 58.9 Å². The Morgan fingerprint density at radius 1 is 0.939 bits per heavy atom. The standard InChI is InChI=1S/C28H21F5I3NO11S/c29-27(30,31)23(28(32,33)49(43,44)45)47-24(40)25-7-12-3-13(8-25)10-26(9-12,11-25)48-22(39)16-2-1-15(6-19(16)37(41)42)46-21(38)17-4-14(34)5-18(35)20(17)36/h1-2,4-6,12-13,23H,3,7-11H2,(H,43,44,45)/p-1. The molecule has 21 heteroatoms. The third-order valence-corrected chi connectivity index (χ3v) is 13.3. The van der Waals surface area contributed by atoms with E-state index >= 15 is 0 Å². The summed E-state index contributed by atoms with van der Waals surface area (Å²) < 4.78 is 119. The van der Waals surface area contributed by atoms with Gasteiger partial charge in [0.25, 0.3) is 11.8 Å². The first-order valence-electron chi connectivity index (χ1n) is 14.0. The smallest absolute Gasteiger partial charge is 0.432 e. The van der Waals surface area contributed by atoms with Crippen molar-refractivity contribution in [3.63, 3.8) is 0 Å². The van der Waals surface area contributed by atoms with E-state index in [9.17, 15) is 59.4 Å². The van der Waals surface area contributed by atoms with E-state index in [1.165, 1.54) is 0 Å². The molecular weight excluding hydrogens is 1030 g/mol. The fourth-order valence-electron chi connectivity index (χ4n) is 7.24. The van der Waals surface area contributed by atoms with Gasteiger partial charge in [-0.1, -0.05) is 0 Å². The maximum Gasteiger partial charge on any atom is 0.432 e. The summed E-state index contributed by atoms with van der Waals surface area (Å²) in [6.07, 6.45) is -10.9. The molecule has 0 aromatic heterocycles. The number of nitrogens with zero attached hydrogens (tertiary/aromatic N) is 1. The van der Waals surface area contributed by atoms with Crippen molar-refractivity contribution in [2.75, 3.05) is 0 Å². The number of nitro groups is 1. The topological polar surface area (TPSA) is 179 Å². The van der Waals surface area contributed by atoms with E-state index < -0.39 is 91.0 Å². The van der Waals surface area contributed by atoms with Crippen LogP contribution in [0.3, 0.4) is 0 Å². The van der Waals surface area contributed by atoms with Crippen molar-refractivity contribution in [3.8, 4) is 5.75 Å². The summed E-state index contributed by atoms with van der Waals surface area (Å²) in [5.41, 5.74) is -4.68. The normalized spacial score (nSPS) is 25.4. The summed E-state index contributed by atoms with van der Waals surface area (Å²) in [5.74, 6) is -5.09. The molecule has 266 valence electrons. The zero-order valence-corrected chi connectivity index (χ0v) is 31.5. The number of alkyl halides is 5. The van der Waals surface area contributed by atoms with Gasteiger partial charge in [0, 0.05) is 17.1 Å². The Morgan fingerprint density at radius 2 is 1.55 bits per heavy atom. The highest BCUT2D eigenvalue weighted by Gasteiger charge is 2.67. The van der Waals surface area contributed by atoms with Crippen molar-refractivity contribution >= 4 is 101 Å². The van der Waals surface area contributed by atoms with Crippen molar-refractivity contribution in [2.24, 2.45) is 17.3 Å². The van der Waals surface area contributed by atoms with Crippen LogP contribution in [0.4, 0.5) is 27.6 Å². The van der Waals surface area contributed by atoms with E-state index in [-0.39, 0.29) is 37.0 Å². The number of esters is 3. The van der Waals surface area contributed by atoms with Crippen molar-refractivity contribution in [1.82, 2.24) is 0 Å². The quantitative estimate of drug-likeness (QED) is 0.0380. The molecule has 4 bridgehead atoms. The van der Waals surface area contributed by atoms with Gasteiger partial charge in [0.2, 0.25) is 0 Å². The summed E-state index contributed by atoms with van der Waals surface area (Å²) in [6, 6.07) is 6.31.